The minimum Gasteiger partial charge on any atom is -0.457 e. The Morgan fingerprint density at radius 2 is 2.08 bits per heavy atom. The Kier molecular flexibility index (Phi) is 5.44. The second-order valence-corrected chi connectivity index (χ2v) is 3.78. The molecule has 13 heavy (non-hydrogen) atoms. The Balaban J connectivity index is 3.93. The third kappa shape index (κ3) is 6.38. The van der Waals surface area contributed by atoms with E-state index < -0.39 is 0 Å². The Labute approximate surface area is 81.0 Å². The van der Waals surface area contributed by atoms with Gasteiger partial charge < -0.3 is 4.74 Å². The van der Waals surface area contributed by atoms with Crippen LogP contribution in [-0.4, -0.2) is 11.6 Å². The molecule has 0 fully saturated rings. The van der Waals surface area contributed by atoms with Crippen LogP contribution in [0, 0.1) is 0 Å². The van der Waals surface area contributed by atoms with Crippen LogP contribution in [0.4, 0.5) is 0 Å². The van der Waals surface area contributed by atoms with Gasteiger partial charge in [-0.1, -0.05) is 19.4 Å². The molecule has 0 aromatic rings. The summed E-state index contributed by atoms with van der Waals surface area (Å²) in [6.07, 6.45) is 6.29. The predicted octanol–water partition coefficient (Wildman–Crippen LogP) is 3.07. The maximum Gasteiger partial charge on any atom is 0.330 e. The summed E-state index contributed by atoms with van der Waals surface area (Å²) in [6, 6.07) is 0. The van der Waals surface area contributed by atoms with Crippen LogP contribution in [0.15, 0.2) is 12.2 Å². The Bertz CT molecular complexity index is 181. The fourth-order valence-corrected chi connectivity index (χ4v) is 1.10. The molecule has 0 aromatic heterocycles. The van der Waals surface area contributed by atoms with Crippen molar-refractivity contribution in [3.8, 4) is 0 Å². The molecule has 0 saturated carbocycles. The molecule has 0 bridgehead atoms. The van der Waals surface area contributed by atoms with Gasteiger partial charge >= 0.3 is 5.97 Å². The van der Waals surface area contributed by atoms with Crippen molar-refractivity contribution in [2.24, 2.45) is 0 Å². The Hall–Kier alpha value is -0.790. The summed E-state index contributed by atoms with van der Waals surface area (Å²) < 4.78 is 5.25. The Morgan fingerprint density at radius 3 is 2.54 bits per heavy atom. The number of allylic oxidation sites excluding steroid dienone is 1. The molecule has 2 nitrogen and oxygen atoms in total. The minimum absolute atomic E-state index is 0.247. The van der Waals surface area contributed by atoms with Gasteiger partial charge in [-0.15, -0.1) is 0 Å². The number of carbonyl (C=O) groups excluding carboxylic acids is 1. The highest BCUT2D eigenvalue weighted by Crippen LogP contribution is 2.17. The van der Waals surface area contributed by atoms with Crippen molar-refractivity contribution < 1.29 is 9.53 Å². The van der Waals surface area contributed by atoms with Gasteiger partial charge in [0.2, 0.25) is 0 Å². The fourth-order valence-electron chi connectivity index (χ4n) is 1.10. The zero-order valence-electron chi connectivity index (χ0n) is 9.09. The van der Waals surface area contributed by atoms with E-state index in [1.54, 1.807) is 13.0 Å². The maximum atomic E-state index is 11.1. The van der Waals surface area contributed by atoms with Crippen molar-refractivity contribution in [3.63, 3.8) is 0 Å². The van der Waals surface area contributed by atoms with Crippen LogP contribution in [0.1, 0.15) is 47.0 Å². The maximum absolute atomic E-state index is 11.1. The zero-order chi connectivity index (χ0) is 10.3. The predicted molar refractivity (Wildman–Crippen MR) is 54.5 cm³/mol. The number of hydrogen-bond acceptors (Lipinski definition) is 2. The number of ether oxygens (including phenoxy) is 1. The lowest BCUT2D eigenvalue weighted by molar-refractivity contribution is -0.150. The molecule has 0 aromatic carbocycles. The number of unbranched alkanes of at least 4 members (excludes halogenated alkanes) is 1. The van der Waals surface area contributed by atoms with Gasteiger partial charge in [-0.3, -0.25) is 0 Å². The van der Waals surface area contributed by atoms with Gasteiger partial charge in [-0.25, -0.2) is 4.79 Å². The van der Waals surface area contributed by atoms with Gasteiger partial charge in [-0.2, -0.15) is 0 Å². The molecule has 0 aliphatic carbocycles. The first-order chi connectivity index (χ1) is 6.02. The highest BCUT2D eigenvalue weighted by atomic mass is 16.6. The number of esters is 1. The van der Waals surface area contributed by atoms with Crippen LogP contribution in [-0.2, 0) is 9.53 Å². The lowest BCUT2D eigenvalue weighted by Crippen LogP contribution is -2.27. The van der Waals surface area contributed by atoms with Gasteiger partial charge in [-0.05, 0) is 33.6 Å². The quantitative estimate of drug-likeness (QED) is 0.485. The molecule has 0 radical (unpaired) electrons. The smallest absolute Gasteiger partial charge is 0.330 e. The average molecular weight is 184 g/mol. The van der Waals surface area contributed by atoms with Crippen LogP contribution in [0.3, 0.4) is 0 Å². The van der Waals surface area contributed by atoms with E-state index in [2.05, 4.69) is 6.92 Å². The second-order valence-electron chi connectivity index (χ2n) is 3.78. The van der Waals surface area contributed by atoms with Crippen molar-refractivity contribution in [2.45, 2.75) is 52.6 Å². The topological polar surface area (TPSA) is 26.3 Å². The van der Waals surface area contributed by atoms with Gasteiger partial charge in [0.05, 0.1) is 0 Å². The summed E-state index contributed by atoms with van der Waals surface area (Å²) in [5, 5.41) is 0. The summed E-state index contributed by atoms with van der Waals surface area (Å²) in [5.41, 5.74) is -0.327. The molecule has 0 heterocycles. The molecule has 2 heteroatoms. The SMILES string of the molecule is C/C=C/C(=O)OC(C)(C)CCCC. The average Bonchev–Trinajstić information content (AvgIpc) is 2.00. The van der Waals surface area contributed by atoms with E-state index in [4.69, 9.17) is 4.74 Å². The van der Waals surface area contributed by atoms with E-state index in [1.165, 1.54) is 6.08 Å². The van der Waals surface area contributed by atoms with Crippen LogP contribution >= 0.6 is 0 Å². The first-order valence-electron chi connectivity index (χ1n) is 4.87. The molecule has 0 atom stereocenters. The molecule has 0 saturated heterocycles. The van der Waals surface area contributed by atoms with E-state index in [9.17, 15) is 4.79 Å². The summed E-state index contributed by atoms with van der Waals surface area (Å²) >= 11 is 0. The molecule has 0 N–H and O–H groups in total. The van der Waals surface area contributed by atoms with Crippen molar-refractivity contribution in [1.29, 1.82) is 0 Å². The zero-order valence-corrected chi connectivity index (χ0v) is 9.09. The van der Waals surface area contributed by atoms with Crippen LogP contribution in [0.5, 0.6) is 0 Å². The normalized spacial score (nSPS) is 12.0. The second kappa shape index (κ2) is 5.79. The monoisotopic (exact) mass is 184 g/mol. The minimum atomic E-state index is -0.327. The van der Waals surface area contributed by atoms with E-state index in [0.29, 0.717) is 0 Å². The van der Waals surface area contributed by atoms with E-state index in [0.717, 1.165) is 19.3 Å². The summed E-state index contributed by atoms with van der Waals surface area (Å²) in [6.45, 7) is 7.83. The molecule has 0 rings (SSSR count). The fraction of sp³-hybridized carbons (Fsp3) is 0.727. The molecule has 76 valence electrons. The summed E-state index contributed by atoms with van der Waals surface area (Å²) in [5.74, 6) is -0.247. The number of hydrogen-bond donors (Lipinski definition) is 0. The number of carbonyl (C=O) groups is 1. The molecule has 0 unspecified atom stereocenters. The molecular weight excluding hydrogens is 164 g/mol. The summed E-state index contributed by atoms with van der Waals surface area (Å²) in [4.78, 5) is 11.1. The number of rotatable bonds is 5. The molecule has 0 amide bonds. The Morgan fingerprint density at radius 1 is 1.46 bits per heavy atom. The van der Waals surface area contributed by atoms with Gasteiger partial charge in [0, 0.05) is 6.08 Å². The molecule has 0 spiro atoms. The van der Waals surface area contributed by atoms with Crippen molar-refractivity contribution in [3.05, 3.63) is 12.2 Å². The molecule has 0 aliphatic heterocycles. The van der Waals surface area contributed by atoms with Crippen molar-refractivity contribution >= 4 is 5.97 Å². The largest absolute Gasteiger partial charge is 0.457 e. The van der Waals surface area contributed by atoms with E-state index in [-0.39, 0.29) is 11.6 Å². The van der Waals surface area contributed by atoms with Crippen LogP contribution in [0.25, 0.3) is 0 Å². The van der Waals surface area contributed by atoms with Crippen LogP contribution < -0.4 is 0 Å². The van der Waals surface area contributed by atoms with E-state index in [1.807, 2.05) is 13.8 Å². The first-order valence-corrected chi connectivity index (χ1v) is 4.87. The van der Waals surface area contributed by atoms with Gasteiger partial charge in [0.25, 0.3) is 0 Å². The van der Waals surface area contributed by atoms with Crippen LogP contribution in [0.2, 0.25) is 0 Å². The lowest BCUT2D eigenvalue weighted by Gasteiger charge is -2.24. The van der Waals surface area contributed by atoms with Crippen molar-refractivity contribution in [2.75, 3.05) is 0 Å². The lowest BCUT2D eigenvalue weighted by atomic mass is 10.0. The third-order valence-corrected chi connectivity index (χ3v) is 1.81. The van der Waals surface area contributed by atoms with Gasteiger partial charge in [0.1, 0.15) is 5.60 Å². The van der Waals surface area contributed by atoms with E-state index >= 15 is 0 Å². The first kappa shape index (κ1) is 12.2. The third-order valence-electron chi connectivity index (χ3n) is 1.81. The highest BCUT2D eigenvalue weighted by Gasteiger charge is 2.20. The molecular formula is C11H20O2. The van der Waals surface area contributed by atoms with Gasteiger partial charge in [0.15, 0.2) is 0 Å². The summed E-state index contributed by atoms with van der Waals surface area (Å²) in [7, 11) is 0. The molecule has 0 aliphatic rings. The standard InChI is InChI=1S/C11H20O2/c1-5-7-9-11(3,4)13-10(12)8-6-2/h6,8H,5,7,9H2,1-4H3/b8-6+. The van der Waals surface area contributed by atoms with Crippen molar-refractivity contribution in [1.82, 2.24) is 0 Å². The highest BCUT2D eigenvalue weighted by molar-refractivity contribution is 5.82.